The first-order chi connectivity index (χ1) is 12.2. The van der Waals surface area contributed by atoms with Gasteiger partial charge in [0, 0.05) is 24.0 Å². The Labute approximate surface area is 150 Å². The van der Waals surface area contributed by atoms with E-state index in [0.717, 1.165) is 37.4 Å². The van der Waals surface area contributed by atoms with Crippen molar-refractivity contribution in [1.82, 2.24) is 0 Å². The first-order valence-electron chi connectivity index (χ1n) is 9.14. The Morgan fingerprint density at radius 3 is 2.44 bits per heavy atom. The van der Waals surface area contributed by atoms with Gasteiger partial charge in [0.05, 0.1) is 20.8 Å². The highest BCUT2D eigenvalue weighted by molar-refractivity contribution is 5.49. The number of quaternary nitrogens is 2. The molecule has 1 aliphatic heterocycles. The van der Waals surface area contributed by atoms with Gasteiger partial charge in [-0.1, -0.05) is 37.3 Å². The van der Waals surface area contributed by atoms with Crippen LogP contribution in [0.25, 0.3) is 0 Å². The van der Waals surface area contributed by atoms with Crippen LogP contribution in [0.3, 0.4) is 0 Å². The van der Waals surface area contributed by atoms with Gasteiger partial charge in [0.2, 0.25) is 0 Å². The van der Waals surface area contributed by atoms with E-state index in [2.05, 4.69) is 55.1 Å². The van der Waals surface area contributed by atoms with Crippen molar-refractivity contribution in [3.05, 3.63) is 59.2 Å². The first kappa shape index (κ1) is 17.8. The number of fused-ring (bicyclic) bond motifs is 1. The van der Waals surface area contributed by atoms with E-state index >= 15 is 0 Å². The molecule has 0 fully saturated rings. The Hall–Kier alpha value is -2.04. The second-order valence-electron chi connectivity index (χ2n) is 6.87. The van der Waals surface area contributed by atoms with Gasteiger partial charge in [-0.2, -0.15) is 0 Å². The monoisotopic (exact) mass is 342 g/mol. The van der Waals surface area contributed by atoms with Gasteiger partial charge in [0.25, 0.3) is 0 Å². The third-order valence-corrected chi connectivity index (χ3v) is 5.41. The standard InChI is InChI=1S/C21H28N2O2/c1-4-18(22)21-17-13-20(25-3)19(24-2)12-16(17)10-11-23(21)14-15-8-6-5-7-9-15/h5-9,12-13,18,21H,4,10-11,14,22H2,1-3H3/p+2/t18-,21+/m0/s1. The number of nitrogens with one attached hydrogen (secondary N) is 1. The molecule has 1 unspecified atom stereocenters. The Morgan fingerprint density at radius 1 is 1.12 bits per heavy atom. The summed E-state index contributed by atoms with van der Waals surface area (Å²) >= 11 is 0. The summed E-state index contributed by atoms with van der Waals surface area (Å²) in [4.78, 5) is 1.59. The van der Waals surface area contributed by atoms with E-state index in [4.69, 9.17) is 9.47 Å². The third kappa shape index (κ3) is 3.65. The van der Waals surface area contributed by atoms with Crippen LogP contribution in [0.4, 0.5) is 0 Å². The molecule has 0 saturated carbocycles. The fourth-order valence-electron chi connectivity index (χ4n) is 3.99. The molecular formula is C21H30N2O2+2. The van der Waals surface area contributed by atoms with Gasteiger partial charge in [-0.05, 0) is 17.7 Å². The number of rotatable bonds is 6. The van der Waals surface area contributed by atoms with Crippen LogP contribution >= 0.6 is 0 Å². The van der Waals surface area contributed by atoms with E-state index in [9.17, 15) is 0 Å². The smallest absolute Gasteiger partial charge is 0.166 e. The minimum atomic E-state index is 0.371. The summed E-state index contributed by atoms with van der Waals surface area (Å²) in [7, 11) is 3.41. The number of ether oxygens (including phenoxy) is 2. The third-order valence-electron chi connectivity index (χ3n) is 5.41. The Balaban J connectivity index is 1.98. The summed E-state index contributed by atoms with van der Waals surface area (Å²) in [6, 6.07) is 15.9. The number of hydrogen-bond acceptors (Lipinski definition) is 2. The highest BCUT2D eigenvalue weighted by Gasteiger charge is 2.38. The number of hydrogen-bond donors (Lipinski definition) is 2. The Morgan fingerprint density at radius 2 is 1.80 bits per heavy atom. The van der Waals surface area contributed by atoms with E-state index in [1.165, 1.54) is 16.7 Å². The van der Waals surface area contributed by atoms with Gasteiger partial charge in [-0.3, -0.25) is 0 Å². The number of benzene rings is 2. The molecule has 3 rings (SSSR count). The van der Waals surface area contributed by atoms with Crippen molar-refractivity contribution < 1.29 is 20.1 Å². The SMILES string of the molecule is CC[C@H]([NH3+])[C@H]1c2cc(OC)c(OC)cc2CC[NH+]1Cc1ccccc1. The largest absolute Gasteiger partial charge is 0.493 e. The molecule has 4 heteroatoms. The molecule has 1 aliphatic rings. The average Bonchev–Trinajstić information content (AvgIpc) is 2.66. The summed E-state index contributed by atoms with van der Waals surface area (Å²) in [5.74, 6) is 1.64. The molecule has 0 aliphatic carbocycles. The fourth-order valence-corrected chi connectivity index (χ4v) is 3.99. The molecule has 0 bridgehead atoms. The highest BCUT2D eigenvalue weighted by atomic mass is 16.5. The summed E-state index contributed by atoms with van der Waals surface area (Å²) in [6.07, 6.45) is 2.13. The second kappa shape index (κ2) is 7.89. The molecule has 0 radical (unpaired) electrons. The normalized spacial score (nSPS) is 20.6. The summed E-state index contributed by atoms with van der Waals surface area (Å²) < 4.78 is 11.1. The van der Waals surface area contributed by atoms with Crippen LogP contribution in [-0.4, -0.2) is 26.8 Å². The maximum Gasteiger partial charge on any atom is 0.166 e. The molecule has 3 atom stereocenters. The molecule has 0 aromatic heterocycles. The summed E-state index contributed by atoms with van der Waals surface area (Å²) in [6.45, 7) is 4.38. The van der Waals surface area contributed by atoms with E-state index in [1.54, 1.807) is 19.1 Å². The summed E-state index contributed by atoms with van der Waals surface area (Å²) in [5, 5.41) is 0. The first-order valence-corrected chi connectivity index (χ1v) is 9.14. The molecule has 0 amide bonds. The van der Waals surface area contributed by atoms with E-state index in [0.29, 0.717) is 12.1 Å². The van der Waals surface area contributed by atoms with Gasteiger partial charge >= 0.3 is 0 Å². The molecule has 0 spiro atoms. The molecule has 4 nitrogen and oxygen atoms in total. The maximum absolute atomic E-state index is 5.56. The lowest BCUT2D eigenvalue weighted by atomic mass is 9.86. The molecule has 25 heavy (non-hydrogen) atoms. The Kier molecular flexibility index (Phi) is 5.61. The lowest BCUT2D eigenvalue weighted by molar-refractivity contribution is -0.957. The van der Waals surface area contributed by atoms with Gasteiger partial charge in [-0.25, -0.2) is 0 Å². The topological polar surface area (TPSA) is 50.5 Å². The van der Waals surface area contributed by atoms with E-state index in [1.807, 2.05) is 0 Å². The summed E-state index contributed by atoms with van der Waals surface area (Å²) in [5.41, 5.74) is 8.61. The lowest BCUT2D eigenvalue weighted by Gasteiger charge is -2.36. The molecule has 134 valence electrons. The second-order valence-corrected chi connectivity index (χ2v) is 6.87. The van der Waals surface area contributed by atoms with Crippen molar-refractivity contribution in [3.63, 3.8) is 0 Å². The van der Waals surface area contributed by atoms with E-state index in [-0.39, 0.29) is 0 Å². The van der Waals surface area contributed by atoms with Gasteiger partial charge < -0.3 is 20.1 Å². The maximum atomic E-state index is 5.56. The zero-order chi connectivity index (χ0) is 17.8. The molecule has 2 aromatic carbocycles. The van der Waals surface area contributed by atoms with Crippen LogP contribution in [0.1, 0.15) is 36.1 Å². The van der Waals surface area contributed by atoms with Crippen LogP contribution in [0, 0.1) is 0 Å². The molecular weight excluding hydrogens is 312 g/mol. The molecule has 4 N–H and O–H groups in total. The van der Waals surface area contributed by atoms with Gasteiger partial charge in [0.1, 0.15) is 12.6 Å². The van der Waals surface area contributed by atoms with Gasteiger partial charge in [0.15, 0.2) is 17.5 Å². The van der Waals surface area contributed by atoms with Crippen LogP contribution in [0.5, 0.6) is 11.5 Å². The fraction of sp³-hybridized carbons (Fsp3) is 0.429. The Bertz CT molecular complexity index is 703. The van der Waals surface area contributed by atoms with Crippen LogP contribution in [0.15, 0.2) is 42.5 Å². The molecule has 1 heterocycles. The van der Waals surface area contributed by atoms with Crippen LogP contribution in [-0.2, 0) is 13.0 Å². The van der Waals surface area contributed by atoms with Crippen molar-refractivity contribution >= 4 is 0 Å². The van der Waals surface area contributed by atoms with Crippen molar-refractivity contribution in [2.45, 2.75) is 38.4 Å². The number of methoxy groups -OCH3 is 2. The minimum Gasteiger partial charge on any atom is -0.493 e. The van der Waals surface area contributed by atoms with Crippen molar-refractivity contribution in [3.8, 4) is 11.5 Å². The van der Waals surface area contributed by atoms with Crippen LogP contribution < -0.4 is 20.1 Å². The highest BCUT2D eigenvalue weighted by Crippen LogP contribution is 2.34. The van der Waals surface area contributed by atoms with Crippen molar-refractivity contribution in [2.24, 2.45) is 0 Å². The molecule has 2 aromatic rings. The predicted octanol–water partition coefficient (Wildman–Crippen LogP) is 1.41. The zero-order valence-corrected chi connectivity index (χ0v) is 15.5. The van der Waals surface area contributed by atoms with Crippen molar-refractivity contribution in [2.75, 3.05) is 20.8 Å². The lowest BCUT2D eigenvalue weighted by Crippen LogP contribution is -3.14. The van der Waals surface area contributed by atoms with Crippen LogP contribution in [0.2, 0.25) is 0 Å². The minimum absolute atomic E-state index is 0.371. The average molecular weight is 342 g/mol. The quantitative estimate of drug-likeness (QED) is 0.834. The molecule has 0 saturated heterocycles. The zero-order valence-electron chi connectivity index (χ0n) is 15.5. The van der Waals surface area contributed by atoms with Crippen molar-refractivity contribution in [1.29, 1.82) is 0 Å². The van der Waals surface area contributed by atoms with Gasteiger partial charge in [-0.15, -0.1) is 0 Å². The predicted molar refractivity (Wildman–Crippen MR) is 98.9 cm³/mol. The van der Waals surface area contributed by atoms with E-state index < -0.39 is 0 Å².